The maximum Gasteiger partial charge on any atom is 0.123 e. The largest absolute Gasteiger partial charge is 0.355 e. The zero-order valence-electron chi connectivity index (χ0n) is 15.0. The first-order valence-corrected chi connectivity index (χ1v) is 10.3. The Labute approximate surface area is 166 Å². The highest BCUT2D eigenvalue weighted by Crippen LogP contribution is 2.20. The molecule has 1 aromatic rings. The van der Waals surface area contributed by atoms with Crippen molar-refractivity contribution in [3.63, 3.8) is 0 Å². The highest BCUT2D eigenvalue weighted by atomic mass is 35.5. The van der Waals surface area contributed by atoms with Crippen molar-refractivity contribution >= 4 is 29.0 Å². The highest BCUT2D eigenvalue weighted by molar-refractivity contribution is 6.30. The standard InChI is InChI=1S/C20H26Cl2N4/c21-17-3-1-16(2-4-17)14-24-9-11-25(12-10-24)19-7-8-26(15-19)20-6-5-18(22)13-23-20/h1-6,18-19H,7-15H2. The van der Waals surface area contributed by atoms with Gasteiger partial charge in [-0.15, -0.1) is 11.6 Å². The van der Waals surface area contributed by atoms with E-state index < -0.39 is 0 Å². The summed E-state index contributed by atoms with van der Waals surface area (Å²) in [5.74, 6) is 1.12. The molecule has 2 atom stereocenters. The number of piperazine rings is 1. The van der Waals surface area contributed by atoms with Crippen LogP contribution in [0.15, 0.2) is 41.4 Å². The summed E-state index contributed by atoms with van der Waals surface area (Å²) in [6.45, 7) is 8.48. The molecule has 6 heteroatoms. The van der Waals surface area contributed by atoms with Gasteiger partial charge in [0.2, 0.25) is 0 Å². The van der Waals surface area contributed by atoms with Gasteiger partial charge >= 0.3 is 0 Å². The molecule has 2 unspecified atom stereocenters. The average molecular weight is 393 g/mol. The maximum atomic E-state index is 6.09. The number of likely N-dealkylation sites (tertiary alicyclic amines) is 1. The molecule has 140 valence electrons. The first kappa shape index (κ1) is 18.3. The predicted octanol–water partition coefficient (Wildman–Crippen LogP) is 3.11. The van der Waals surface area contributed by atoms with Gasteiger partial charge in [-0.25, -0.2) is 0 Å². The number of alkyl halides is 1. The normalized spacial score (nSPS) is 27.8. The number of amidine groups is 1. The fourth-order valence-corrected chi connectivity index (χ4v) is 4.34. The van der Waals surface area contributed by atoms with Crippen molar-refractivity contribution in [2.24, 2.45) is 4.99 Å². The van der Waals surface area contributed by atoms with E-state index in [-0.39, 0.29) is 5.38 Å². The second-order valence-corrected chi connectivity index (χ2v) is 8.40. The molecule has 0 aliphatic carbocycles. The molecular weight excluding hydrogens is 367 g/mol. The molecule has 0 spiro atoms. The van der Waals surface area contributed by atoms with Crippen LogP contribution in [0, 0.1) is 0 Å². The van der Waals surface area contributed by atoms with Crippen LogP contribution in [-0.4, -0.2) is 77.8 Å². The number of hydrogen-bond donors (Lipinski definition) is 0. The lowest BCUT2D eigenvalue weighted by Crippen LogP contribution is -2.50. The molecule has 3 aliphatic rings. The van der Waals surface area contributed by atoms with Gasteiger partial charge in [-0.1, -0.05) is 29.8 Å². The first-order chi connectivity index (χ1) is 12.7. The molecule has 4 nitrogen and oxygen atoms in total. The molecule has 4 rings (SSSR count). The van der Waals surface area contributed by atoms with E-state index in [1.807, 2.05) is 12.1 Å². The van der Waals surface area contributed by atoms with E-state index in [0.717, 1.165) is 56.7 Å². The van der Waals surface area contributed by atoms with Crippen LogP contribution >= 0.6 is 23.2 Å². The van der Waals surface area contributed by atoms with Gasteiger partial charge in [0.15, 0.2) is 0 Å². The van der Waals surface area contributed by atoms with E-state index >= 15 is 0 Å². The van der Waals surface area contributed by atoms with Crippen LogP contribution in [0.4, 0.5) is 0 Å². The lowest BCUT2D eigenvalue weighted by atomic mass is 10.1. The summed E-state index contributed by atoms with van der Waals surface area (Å²) in [6.07, 6.45) is 5.38. The van der Waals surface area contributed by atoms with Gasteiger partial charge < -0.3 is 4.90 Å². The van der Waals surface area contributed by atoms with Crippen molar-refractivity contribution in [3.05, 3.63) is 47.0 Å². The number of hydrogen-bond acceptors (Lipinski definition) is 4. The molecule has 2 saturated heterocycles. The van der Waals surface area contributed by atoms with Crippen molar-refractivity contribution in [3.8, 4) is 0 Å². The Morgan fingerprint density at radius 1 is 1.04 bits per heavy atom. The zero-order chi connectivity index (χ0) is 17.9. The van der Waals surface area contributed by atoms with Gasteiger partial charge in [-0.3, -0.25) is 14.8 Å². The lowest BCUT2D eigenvalue weighted by molar-refractivity contribution is 0.0960. The quantitative estimate of drug-likeness (QED) is 0.737. The summed E-state index contributed by atoms with van der Waals surface area (Å²) >= 11 is 12.1. The third-order valence-electron chi connectivity index (χ3n) is 5.61. The Morgan fingerprint density at radius 3 is 2.50 bits per heavy atom. The minimum Gasteiger partial charge on any atom is -0.355 e. The molecule has 0 amide bonds. The molecule has 0 aromatic heterocycles. The SMILES string of the molecule is Clc1ccc(CN2CCN(C3CCN(C4=NCC(Cl)C=C4)C3)CC2)cc1. The maximum absolute atomic E-state index is 6.09. The fraction of sp³-hybridized carbons (Fsp3) is 0.550. The molecular formula is C20H26Cl2N4. The van der Waals surface area contributed by atoms with Crippen molar-refractivity contribution in [1.82, 2.24) is 14.7 Å². The Bertz CT molecular complexity index is 665. The van der Waals surface area contributed by atoms with E-state index in [1.165, 1.54) is 12.0 Å². The molecule has 3 aliphatic heterocycles. The van der Waals surface area contributed by atoms with Crippen molar-refractivity contribution < 1.29 is 0 Å². The Morgan fingerprint density at radius 2 is 1.81 bits per heavy atom. The Balaban J connectivity index is 1.25. The topological polar surface area (TPSA) is 22.1 Å². The van der Waals surface area contributed by atoms with E-state index in [1.54, 1.807) is 0 Å². The third kappa shape index (κ3) is 4.42. The summed E-state index contributed by atoms with van der Waals surface area (Å²) in [7, 11) is 0. The van der Waals surface area contributed by atoms with E-state index in [0.29, 0.717) is 12.6 Å². The molecule has 2 fully saturated rings. The van der Waals surface area contributed by atoms with Gasteiger partial charge in [0.25, 0.3) is 0 Å². The van der Waals surface area contributed by atoms with Crippen LogP contribution in [0.25, 0.3) is 0 Å². The van der Waals surface area contributed by atoms with Crippen LogP contribution in [0.1, 0.15) is 12.0 Å². The second-order valence-electron chi connectivity index (χ2n) is 7.40. The Kier molecular flexibility index (Phi) is 5.84. The van der Waals surface area contributed by atoms with Crippen LogP contribution in [0.5, 0.6) is 0 Å². The predicted molar refractivity (Wildman–Crippen MR) is 109 cm³/mol. The minimum absolute atomic E-state index is 0.0610. The summed E-state index contributed by atoms with van der Waals surface area (Å²) in [6, 6.07) is 8.88. The first-order valence-electron chi connectivity index (χ1n) is 9.50. The highest BCUT2D eigenvalue weighted by Gasteiger charge is 2.31. The summed E-state index contributed by atoms with van der Waals surface area (Å²) in [4.78, 5) is 12.3. The fourth-order valence-electron chi connectivity index (χ4n) is 4.07. The number of nitrogens with zero attached hydrogens (tertiary/aromatic N) is 4. The summed E-state index contributed by atoms with van der Waals surface area (Å²) < 4.78 is 0. The third-order valence-corrected chi connectivity index (χ3v) is 6.15. The molecule has 0 N–H and O–H groups in total. The van der Waals surface area contributed by atoms with Crippen LogP contribution in [-0.2, 0) is 6.54 Å². The number of halogens is 2. The van der Waals surface area contributed by atoms with Crippen LogP contribution in [0.3, 0.4) is 0 Å². The number of aliphatic imine (C=N–C) groups is 1. The van der Waals surface area contributed by atoms with E-state index in [9.17, 15) is 0 Å². The second kappa shape index (κ2) is 8.30. The molecule has 0 bridgehead atoms. The van der Waals surface area contributed by atoms with Gasteiger partial charge in [0, 0.05) is 56.9 Å². The lowest BCUT2D eigenvalue weighted by Gasteiger charge is -2.38. The molecule has 1 aromatic carbocycles. The van der Waals surface area contributed by atoms with E-state index in [4.69, 9.17) is 23.2 Å². The molecule has 0 radical (unpaired) electrons. The number of rotatable bonds is 3. The van der Waals surface area contributed by atoms with Gasteiger partial charge in [0.05, 0.1) is 11.9 Å². The number of benzene rings is 1. The van der Waals surface area contributed by atoms with Crippen LogP contribution in [0.2, 0.25) is 5.02 Å². The van der Waals surface area contributed by atoms with Crippen molar-refractivity contribution in [2.45, 2.75) is 24.4 Å². The summed E-state index contributed by atoms with van der Waals surface area (Å²) in [5.41, 5.74) is 1.34. The van der Waals surface area contributed by atoms with Gasteiger partial charge in [-0.2, -0.15) is 0 Å². The summed E-state index contributed by atoms with van der Waals surface area (Å²) in [5, 5.41) is 0.870. The van der Waals surface area contributed by atoms with Gasteiger partial charge in [0.1, 0.15) is 5.84 Å². The average Bonchev–Trinajstić information content (AvgIpc) is 3.15. The van der Waals surface area contributed by atoms with E-state index in [2.05, 4.69) is 44.0 Å². The van der Waals surface area contributed by atoms with Crippen molar-refractivity contribution in [2.75, 3.05) is 45.8 Å². The van der Waals surface area contributed by atoms with Crippen molar-refractivity contribution in [1.29, 1.82) is 0 Å². The monoisotopic (exact) mass is 392 g/mol. The minimum atomic E-state index is 0.0610. The molecule has 3 heterocycles. The Hall–Kier alpha value is -1.07. The van der Waals surface area contributed by atoms with Gasteiger partial charge in [-0.05, 0) is 30.2 Å². The number of dihydropyridines is 1. The zero-order valence-corrected chi connectivity index (χ0v) is 16.5. The molecule has 0 saturated carbocycles. The van der Waals surface area contributed by atoms with Crippen LogP contribution < -0.4 is 0 Å². The molecule has 26 heavy (non-hydrogen) atoms. The smallest absolute Gasteiger partial charge is 0.123 e.